The first-order chi connectivity index (χ1) is 10.2. The molecule has 2 amide bonds. The summed E-state index contributed by atoms with van der Waals surface area (Å²) in [6.45, 7) is 3.33. The first kappa shape index (κ1) is 16.6. The van der Waals surface area contributed by atoms with Crippen LogP contribution in [0.3, 0.4) is 0 Å². The molecule has 0 radical (unpaired) electrons. The number of hydrogen-bond donors (Lipinski definition) is 1. The van der Waals surface area contributed by atoms with E-state index >= 15 is 0 Å². The number of carbonyl (C=O) groups excluding carboxylic acids is 1. The fraction of sp³-hybridized carbons (Fsp3) is 0.692. The zero-order chi connectivity index (χ0) is 16.5. The zero-order valence-electron chi connectivity index (χ0n) is 12.8. The summed E-state index contributed by atoms with van der Waals surface area (Å²) in [6.07, 6.45) is -4.22. The molecule has 1 aliphatic rings. The van der Waals surface area contributed by atoms with E-state index in [4.69, 9.17) is 0 Å². The predicted molar refractivity (Wildman–Crippen MR) is 75.6 cm³/mol. The van der Waals surface area contributed by atoms with Gasteiger partial charge in [-0.25, -0.2) is 4.79 Å². The highest BCUT2D eigenvalue weighted by Crippen LogP contribution is 2.20. The normalized spacial score (nSPS) is 20.3. The topological polar surface area (TPSA) is 53.4 Å². The van der Waals surface area contributed by atoms with Crippen molar-refractivity contribution in [3.63, 3.8) is 0 Å². The molecule has 0 aliphatic carbocycles. The summed E-state index contributed by atoms with van der Waals surface area (Å²) in [5.41, 5.74) is 0.902. The van der Waals surface area contributed by atoms with E-state index in [1.165, 1.54) is 9.80 Å². The minimum Gasteiger partial charge on any atom is -0.322 e. The van der Waals surface area contributed by atoms with Crippen molar-refractivity contribution in [2.24, 2.45) is 7.05 Å². The molecule has 0 bridgehead atoms. The third kappa shape index (κ3) is 4.12. The van der Waals surface area contributed by atoms with Crippen LogP contribution < -0.4 is 5.32 Å². The molecule has 0 saturated carbocycles. The van der Waals surface area contributed by atoms with Crippen molar-refractivity contribution in [1.29, 1.82) is 0 Å². The van der Waals surface area contributed by atoms with E-state index in [0.29, 0.717) is 5.82 Å². The Kier molecular flexibility index (Phi) is 4.64. The SMILES string of the molecule is Cc1cc(NC(=O)N2CCN(CC(F)(F)F)C(C)C2)nn1C. The number of hydrogen-bond acceptors (Lipinski definition) is 3. The third-order valence-corrected chi connectivity index (χ3v) is 3.78. The van der Waals surface area contributed by atoms with Gasteiger partial charge >= 0.3 is 12.2 Å². The van der Waals surface area contributed by atoms with E-state index in [0.717, 1.165) is 5.69 Å². The fourth-order valence-corrected chi connectivity index (χ4v) is 2.46. The number of nitrogens with zero attached hydrogens (tertiary/aromatic N) is 4. The van der Waals surface area contributed by atoms with Crippen LogP contribution in [-0.4, -0.2) is 64.0 Å². The Morgan fingerprint density at radius 1 is 1.45 bits per heavy atom. The number of rotatable bonds is 2. The van der Waals surface area contributed by atoms with Crippen molar-refractivity contribution in [2.75, 3.05) is 31.5 Å². The summed E-state index contributed by atoms with van der Waals surface area (Å²) in [7, 11) is 1.77. The Labute approximate surface area is 126 Å². The van der Waals surface area contributed by atoms with E-state index in [-0.39, 0.29) is 31.7 Å². The van der Waals surface area contributed by atoms with Crippen molar-refractivity contribution in [2.45, 2.75) is 26.1 Å². The van der Waals surface area contributed by atoms with Gasteiger partial charge in [-0.05, 0) is 13.8 Å². The molecule has 1 aromatic heterocycles. The Morgan fingerprint density at radius 3 is 2.64 bits per heavy atom. The molecule has 9 heteroatoms. The maximum absolute atomic E-state index is 12.5. The van der Waals surface area contributed by atoms with Crippen molar-refractivity contribution < 1.29 is 18.0 Å². The number of aromatic nitrogens is 2. The largest absolute Gasteiger partial charge is 0.401 e. The van der Waals surface area contributed by atoms with Crippen molar-refractivity contribution in [3.05, 3.63) is 11.8 Å². The summed E-state index contributed by atoms with van der Waals surface area (Å²) in [6, 6.07) is 1.06. The Balaban J connectivity index is 1.91. The standard InChI is InChI=1S/C13H20F3N5O/c1-9-6-11(18-19(9)3)17-12(22)20-4-5-21(10(2)7-20)8-13(14,15)16/h6,10H,4-5,7-8H2,1-3H3,(H,17,18,22). The summed E-state index contributed by atoms with van der Waals surface area (Å²) in [4.78, 5) is 15.0. The lowest BCUT2D eigenvalue weighted by atomic mass is 10.2. The van der Waals surface area contributed by atoms with Gasteiger partial charge in [0.15, 0.2) is 5.82 Å². The lowest BCUT2D eigenvalue weighted by Gasteiger charge is -2.39. The van der Waals surface area contributed by atoms with Crippen LogP contribution in [0.15, 0.2) is 6.07 Å². The monoisotopic (exact) mass is 319 g/mol. The van der Waals surface area contributed by atoms with Crippen LogP contribution in [0.2, 0.25) is 0 Å². The number of aryl methyl sites for hydroxylation is 2. The molecular formula is C13H20F3N5O. The number of nitrogens with one attached hydrogen (secondary N) is 1. The number of alkyl halides is 3. The number of amides is 2. The van der Waals surface area contributed by atoms with Crippen LogP contribution >= 0.6 is 0 Å². The van der Waals surface area contributed by atoms with Gasteiger partial charge in [-0.1, -0.05) is 0 Å². The van der Waals surface area contributed by atoms with Gasteiger partial charge in [0.1, 0.15) is 0 Å². The number of carbonyl (C=O) groups is 1. The molecule has 1 aliphatic heterocycles. The molecule has 22 heavy (non-hydrogen) atoms. The first-order valence-corrected chi connectivity index (χ1v) is 7.03. The highest BCUT2D eigenvalue weighted by Gasteiger charge is 2.36. The van der Waals surface area contributed by atoms with Gasteiger partial charge in [-0.3, -0.25) is 14.9 Å². The Morgan fingerprint density at radius 2 is 2.14 bits per heavy atom. The van der Waals surface area contributed by atoms with Gasteiger partial charge in [0.05, 0.1) is 6.54 Å². The van der Waals surface area contributed by atoms with Gasteiger partial charge in [-0.2, -0.15) is 18.3 Å². The number of halogens is 3. The second kappa shape index (κ2) is 6.15. The minimum absolute atomic E-state index is 0.204. The summed E-state index contributed by atoms with van der Waals surface area (Å²) in [5, 5.41) is 6.80. The van der Waals surface area contributed by atoms with E-state index in [9.17, 15) is 18.0 Å². The Bertz CT molecular complexity index is 523. The van der Waals surface area contributed by atoms with E-state index in [1.807, 2.05) is 6.92 Å². The van der Waals surface area contributed by atoms with E-state index < -0.39 is 12.7 Å². The lowest BCUT2D eigenvalue weighted by molar-refractivity contribution is -0.153. The predicted octanol–water partition coefficient (Wildman–Crippen LogP) is 1.83. The molecule has 6 nitrogen and oxygen atoms in total. The second-order valence-electron chi connectivity index (χ2n) is 5.61. The maximum atomic E-state index is 12.5. The van der Waals surface area contributed by atoms with Gasteiger partial charge in [0, 0.05) is 44.5 Å². The van der Waals surface area contributed by atoms with Crippen LogP contribution in [0.5, 0.6) is 0 Å². The molecule has 124 valence electrons. The van der Waals surface area contributed by atoms with Crippen LogP contribution in [0.25, 0.3) is 0 Å². The number of anilines is 1. The second-order valence-corrected chi connectivity index (χ2v) is 5.61. The zero-order valence-corrected chi connectivity index (χ0v) is 12.8. The van der Waals surface area contributed by atoms with Crippen LogP contribution in [0, 0.1) is 6.92 Å². The highest BCUT2D eigenvalue weighted by molar-refractivity contribution is 5.88. The molecule has 1 fully saturated rings. The number of urea groups is 1. The average molecular weight is 319 g/mol. The lowest BCUT2D eigenvalue weighted by Crippen LogP contribution is -2.56. The van der Waals surface area contributed by atoms with Crippen LogP contribution in [0.1, 0.15) is 12.6 Å². The maximum Gasteiger partial charge on any atom is 0.401 e. The van der Waals surface area contributed by atoms with Crippen molar-refractivity contribution in [1.82, 2.24) is 19.6 Å². The van der Waals surface area contributed by atoms with Gasteiger partial charge in [-0.15, -0.1) is 0 Å². The summed E-state index contributed by atoms with van der Waals surface area (Å²) in [5.74, 6) is 0.440. The third-order valence-electron chi connectivity index (χ3n) is 3.78. The van der Waals surface area contributed by atoms with Crippen LogP contribution in [-0.2, 0) is 7.05 Å². The molecule has 1 atom stereocenters. The Hall–Kier alpha value is -1.77. The number of piperazine rings is 1. The molecule has 1 N–H and O–H groups in total. The molecule has 1 saturated heterocycles. The molecule has 1 unspecified atom stereocenters. The van der Waals surface area contributed by atoms with Gasteiger partial charge in [0.2, 0.25) is 0 Å². The van der Waals surface area contributed by atoms with Crippen molar-refractivity contribution in [3.8, 4) is 0 Å². The van der Waals surface area contributed by atoms with Gasteiger partial charge < -0.3 is 4.90 Å². The molecule has 0 aromatic carbocycles. The average Bonchev–Trinajstić information content (AvgIpc) is 2.69. The molecule has 2 rings (SSSR count). The fourth-order valence-electron chi connectivity index (χ4n) is 2.46. The molecule has 0 spiro atoms. The summed E-state index contributed by atoms with van der Waals surface area (Å²) < 4.78 is 39.0. The summed E-state index contributed by atoms with van der Waals surface area (Å²) >= 11 is 0. The molecule has 2 heterocycles. The van der Waals surface area contributed by atoms with Gasteiger partial charge in [0.25, 0.3) is 0 Å². The molecule has 1 aromatic rings. The highest BCUT2D eigenvalue weighted by atomic mass is 19.4. The first-order valence-electron chi connectivity index (χ1n) is 7.03. The smallest absolute Gasteiger partial charge is 0.322 e. The van der Waals surface area contributed by atoms with Crippen molar-refractivity contribution >= 4 is 11.8 Å². The van der Waals surface area contributed by atoms with Crippen LogP contribution in [0.4, 0.5) is 23.8 Å². The quantitative estimate of drug-likeness (QED) is 0.905. The minimum atomic E-state index is -4.22. The van der Waals surface area contributed by atoms with E-state index in [1.54, 1.807) is 24.7 Å². The van der Waals surface area contributed by atoms with E-state index in [2.05, 4.69) is 10.4 Å². The molecular weight excluding hydrogens is 299 g/mol.